The summed E-state index contributed by atoms with van der Waals surface area (Å²) in [5, 5.41) is 3.80. The minimum absolute atomic E-state index is 0. The van der Waals surface area contributed by atoms with Gasteiger partial charge in [0.1, 0.15) is 0 Å². The van der Waals surface area contributed by atoms with Gasteiger partial charge in [-0.05, 0) is 12.0 Å². The Balaban J connectivity index is 0.00000200. The fourth-order valence-corrected chi connectivity index (χ4v) is 4.24. The maximum absolute atomic E-state index is 7.70. The van der Waals surface area contributed by atoms with Crippen molar-refractivity contribution in [3.63, 3.8) is 0 Å². The van der Waals surface area contributed by atoms with Crippen LogP contribution in [0.25, 0.3) is 0 Å². The van der Waals surface area contributed by atoms with Crippen molar-refractivity contribution in [3.05, 3.63) is 72.1 Å². The van der Waals surface area contributed by atoms with E-state index in [1.165, 1.54) is 15.9 Å². The van der Waals surface area contributed by atoms with Gasteiger partial charge < -0.3 is 6.08 Å². The summed E-state index contributed by atoms with van der Waals surface area (Å²) in [7, 11) is -0.559. The molecule has 19 heavy (non-hydrogen) atoms. The molecule has 1 atom stereocenters. The Kier molecular flexibility index (Phi) is 6.48. The Morgan fingerprint density at radius 3 is 1.79 bits per heavy atom. The molecule has 0 saturated carbocycles. The Morgan fingerprint density at radius 2 is 1.42 bits per heavy atom. The monoisotopic (exact) mass is 358 g/mol. The van der Waals surface area contributed by atoms with Gasteiger partial charge in [-0.2, -0.15) is 6.40 Å². The molecule has 0 fully saturated rings. The SMILES string of the molecule is [2H]C(C)[C-]=C(C)P(c1ccccc1)c1ccccc1.[RhH+2]. The Morgan fingerprint density at radius 1 is 1.00 bits per heavy atom. The van der Waals surface area contributed by atoms with E-state index < -0.39 is 7.92 Å². The molecular weight excluding hydrogens is 338 g/mol. The van der Waals surface area contributed by atoms with E-state index in [0.29, 0.717) is 0 Å². The summed E-state index contributed by atoms with van der Waals surface area (Å²) in [6.07, 6.45) is 2.97. The van der Waals surface area contributed by atoms with Crippen molar-refractivity contribution in [2.24, 2.45) is 0 Å². The zero-order valence-electron chi connectivity index (χ0n) is 12.2. The van der Waals surface area contributed by atoms with Crippen LogP contribution in [0, 0.1) is 6.08 Å². The fourth-order valence-electron chi connectivity index (χ4n) is 1.96. The first kappa shape index (κ1) is 14.6. The maximum atomic E-state index is 7.70. The first-order valence-electron chi connectivity index (χ1n) is 6.69. The van der Waals surface area contributed by atoms with Gasteiger partial charge in [0.2, 0.25) is 0 Å². The standard InChI is InChI=1S/C17H18P.Rh.H/c1-3-10-15(2)18(16-11-6-4-7-12-16)17-13-8-5-9-14-17;;/h4-9,11-14H,3H2,1-2H3;;/q-1;+2;/i3D;;. The quantitative estimate of drug-likeness (QED) is 0.441. The summed E-state index contributed by atoms with van der Waals surface area (Å²) in [6, 6.07) is 21.0. The van der Waals surface area contributed by atoms with Gasteiger partial charge in [-0.15, -0.1) is 0 Å². The van der Waals surface area contributed by atoms with Crippen LogP contribution in [-0.4, -0.2) is 0 Å². The summed E-state index contributed by atoms with van der Waals surface area (Å²) < 4.78 is 7.70. The van der Waals surface area contributed by atoms with E-state index >= 15 is 0 Å². The van der Waals surface area contributed by atoms with E-state index in [-0.39, 0.29) is 25.9 Å². The molecule has 0 spiro atoms. The number of hydrogen-bond acceptors (Lipinski definition) is 0. The van der Waals surface area contributed by atoms with Crippen LogP contribution in [0.3, 0.4) is 0 Å². The zero-order valence-corrected chi connectivity index (χ0v) is 13.8. The van der Waals surface area contributed by atoms with Crippen molar-refractivity contribution >= 4 is 18.5 Å². The second-order valence-corrected chi connectivity index (χ2v) is 6.40. The van der Waals surface area contributed by atoms with Gasteiger partial charge in [-0.3, -0.25) is 0 Å². The van der Waals surface area contributed by atoms with Crippen LogP contribution in [0.4, 0.5) is 0 Å². The average molecular weight is 358 g/mol. The molecule has 0 aliphatic rings. The number of hydrogen-bond donors (Lipinski definition) is 0. The molecule has 2 rings (SSSR count). The molecule has 0 heterocycles. The van der Waals surface area contributed by atoms with E-state index in [4.69, 9.17) is 1.37 Å². The molecule has 0 saturated heterocycles. The van der Waals surface area contributed by atoms with Crippen molar-refractivity contribution in [2.45, 2.75) is 20.2 Å². The summed E-state index contributed by atoms with van der Waals surface area (Å²) in [4.78, 5) is 0. The molecule has 1 radical (unpaired) electrons. The Hall–Kier alpha value is -0.767. The van der Waals surface area contributed by atoms with Crippen molar-refractivity contribution < 1.29 is 20.8 Å². The van der Waals surface area contributed by atoms with Crippen LogP contribution < -0.4 is 10.6 Å². The molecule has 0 aliphatic heterocycles. The van der Waals surface area contributed by atoms with Crippen LogP contribution in [0.2, 0.25) is 0 Å². The topological polar surface area (TPSA) is 0 Å². The van der Waals surface area contributed by atoms with Crippen molar-refractivity contribution in [3.8, 4) is 0 Å². The van der Waals surface area contributed by atoms with Crippen LogP contribution in [0.5, 0.6) is 0 Å². The van der Waals surface area contributed by atoms with Gasteiger partial charge >= 0.3 is 19.5 Å². The third kappa shape index (κ3) is 4.38. The normalized spacial score (nSPS) is 13.6. The van der Waals surface area contributed by atoms with Crippen LogP contribution in [-0.2, 0) is 19.5 Å². The molecule has 2 aromatic rings. The van der Waals surface area contributed by atoms with Crippen LogP contribution in [0.1, 0.15) is 21.6 Å². The molecule has 2 heteroatoms. The molecule has 2 aromatic carbocycles. The van der Waals surface area contributed by atoms with Crippen LogP contribution in [0.15, 0.2) is 66.0 Å². The Bertz CT molecular complexity index is 498. The summed E-state index contributed by atoms with van der Waals surface area (Å²) in [6.45, 7) is 3.95. The van der Waals surface area contributed by atoms with E-state index in [2.05, 4.69) is 61.5 Å². The van der Waals surface area contributed by atoms with Crippen LogP contribution >= 0.6 is 7.92 Å². The molecule has 0 aromatic heterocycles. The van der Waals surface area contributed by atoms with Crippen molar-refractivity contribution in [2.75, 3.05) is 0 Å². The molecule has 1 unspecified atom stereocenters. The second kappa shape index (κ2) is 8.41. The van der Waals surface area contributed by atoms with Gasteiger partial charge in [0.05, 0.1) is 0 Å². The van der Waals surface area contributed by atoms with Crippen molar-refractivity contribution in [1.29, 1.82) is 0 Å². The first-order valence-corrected chi connectivity index (χ1v) is 7.45. The average Bonchev–Trinajstić information content (AvgIpc) is 2.40. The number of benzene rings is 2. The van der Waals surface area contributed by atoms with Crippen molar-refractivity contribution in [1.82, 2.24) is 0 Å². The first-order chi connectivity index (χ1) is 9.18. The predicted molar refractivity (Wildman–Crippen MR) is 83.2 cm³/mol. The summed E-state index contributed by atoms with van der Waals surface area (Å²) in [5.41, 5.74) is 0. The molecular formula is C17H19PRh+. The molecule has 0 aliphatic carbocycles. The van der Waals surface area contributed by atoms with Gasteiger partial charge in [-0.25, -0.2) is 5.31 Å². The second-order valence-electron chi connectivity index (χ2n) is 4.02. The van der Waals surface area contributed by atoms with Gasteiger partial charge in [0.25, 0.3) is 0 Å². The summed E-state index contributed by atoms with van der Waals surface area (Å²) >= 11 is 0. The molecule has 0 amide bonds. The third-order valence-corrected chi connectivity index (χ3v) is 5.15. The van der Waals surface area contributed by atoms with Gasteiger partial charge in [0, 0.05) is 0 Å². The minimum atomic E-state index is -0.559. The van der Waals surface area contributed by atoms with E-state index in [9.17, 15) is 0 Å². The van der Waals surface area contributed by atoms with E-state index in [1.807, 2.05) is 19.1 Å². The van der Waals surface area contributed by atoms with Gasteiger partial charge in [-0.1, -0.05) is 82.4 Å². The number of rotatable bonds is 4. The fraction of sp³-hybridized carbons (Fsp3) is 0.176. The number of allylic oxidation sites excluding steroid dienone is 2. The molecule has 0 nitrogen and oxygen atoms in total. The Labute approximate surface area is 131 Å². The third-order valence-electron chi connectivity index (χ3n) is 2.72. The molecule has 0 N–H and O–H groups in total. The zero-order chi connectivity index (χ0) is 13.7. The predicted octanol–water partition coefficient (Wildman–Crippen LogP) is 3.97. The van der Waals surface area contributed by atoms with E-state index in [1.54, 1.807) is 0 Å². The van der Waals surface area contributed by atoms with E-state index in [0.717, 1.165) is 0 Å². The summed E-state index contributed by atoms with van der Waals surface area (Å²) in [5.74, 6) is 0. The van der Waals surface area contributed by atoms with Gasteiger partial charge in [0.15, 0.2) is 0 Å². The molecule has 0 bridgehead atoms. The molecule has 100 valence electrons.